The van der Waals surface area contributed by atoms with Gasteiger partial charge in [0.1, 0.15) is 6.04 Å². The molecule has 130 valence electrons. The summed E-state index contributed by atoms with van der Waals surface area (Å²) in [5.74, 6) is -0.0808. The lowest BCUT2D eigenvalue weighted by atomic mass is 10.1. The minimum absolute atomic E-state index is 0.00318. The highest BCUT2D eigenvalue weighted by molar-refractivity contribution is 7.05. The number of rotatable bonds is 6. The van der Waals surface area contributed by atoms with Crippen molar-refractivity contribution >= 4 is 34.1 Å². The number of aryl methyl sites for hydroxylation is 1. The van der Waals surface area contributed by atoms with E-state index in [1.807, 2.05) is 42.7 Å². The predicted octanol–water partition coefficient (Wildman–Crippen LogP) is 3.27. The second-order valence-corrected chi connectivity index (χ2v) is 6.79. The molecule has 0 aliphatic heterocycles. The number of para-hydroxylation sites is 1. The van der Waals surface area contributed by atoms with Crippen LogP contribution in [0.2, 0.25) is 0 Å². The van der Waals surface area contributed by atoms with Crippen LogP contribution in [-0.4, -0.2) is 25.8 Å². The molecule has 0 spiro atoms. The molecular formula is C18H20N4O2S. The van der Waals surface area contributed by atoms with Crippen LogP contribution in [0.4, 0.5) is 0 Å². The van der Waals surface area contributed by atoms with Gasteiger partial charge in [0.2, 0.25) is 5.91 Å². The number of nitrogens with one attached hydrogen (secondary N) is 1. The summed E-state index contributed by atoms with van der Waals surface area (Å²) in [6.07, 6.45) is 2.42. The molecule has 1 aromatic carbocycles. The first kappa shape index (κ1) is 17.3. The molecule has 0 radical (unpaired) electrons. The minimum Gasteiger partial charge on any atom is -0.349 e. The summed E-state index contributed by atoms with van der Waals surface area (Å²) >= 11 is 1.29. The fourth-order valence-electron chi connectivity index (χ4n) is 2.95. The standard InChI is InChI=1S/C18H20N4O2S/c1-4-15(18(24)19-9-17-11(2)20-21-25-17)22-10-14(12(3)23)13-7-5-6-8-16(13)22/h5-8,10,15H,4,9H2,1-3H3,(H,19,24)/t15-/m1/s1. The van der Waals surface area contributed by atoms with Crippen molar-refractivity contribution in [3.63, 3.8) is 0 Å². The number of carbonyl (C=O) groups is 2. The second-order valence-electron chi connectivity index (χ2n) is 5.95. The molecule has 0 saturated carbocycles. The first-order chi connectivity index (χ1) is 12.0. The molecule has 6 nitrogen and oxygen atoms in total. The zero-order valence-electron chi connectivity index (χ0n) is 14.4. The van der Waals surface area contributed by atoms with Crippen molar-refractivity contribution in [2.75, 3.05) is 0 Å². The summed E-state index contributed by atoms with van der Waals surface area (Å²) in [6, 6.07) is 7.30. The third-order valence-electron chi connectivity index (χ3n) is 4.31. The summed E-state index contributed by atoms with van der Waals surface area (Å²) < 4.78 is 5.79. The number of hydrogen-bond donors (Lipinski definition) is 1. The second kappa shape index (κ2) is 7.14. The Labute approximate surface area is 150 Å². The Kier molecular flexibility index (Phi) is 4.94. The number of Topliss-reactive ketones (excluding diaryl/α,β-unsaturated/α-hetero) is 1. The Hall–Kier alpha value is -2.54. The molecule has 1 amide bonds. The molecule has 0 fully saturated rings. The monoisotopic (exact) mass is 356 g/mol. The topological polar surface area (TPSA) is 76.9 Å². The highest BCUT2D eigenvalue weighted by Gasteiger charge is 2.22. The van der Waals surface area contributed by atoms with Gasteiger partial charge in [-0.2, -0.15) is 0 Å². The van der Waals surface area contributed by atoms with E-state index in [-0.39, 0.29) is 17.7 Å². The summed E-state index contributed by atoms with van der Waals surface area (Å²) in [5, 5.41) is 7.80. The molecule has 0 aliphatic carbocycles. The Balaban J connectivity index is 1.90. The number of amides is 1. The van der Waals surface area contributed by atoms with Crippen LogP contribution >= 0.6 is 11.5 Å². The van der Waals surface area contributed by atoms with Gasteiger partial charge in [0.15, 0.2) is 5.78 Å². The normalized spacial score (nSPS) is 12.3. The maximum Gasteiger partial charge on any atom is 0.243 e. The Morgan fingerprint density at radius 1 is 1.32 bits per heavy atom. The molecule has 25 heavy (non-hydrogen) atoms. The van der Waals surface area contributed by atoms with Gasteiger partial charge < -0.3 is 9.88 Å². The number of fused-ring (bicyclic) bond motifs is 1. The summed E-state index contributed by atoms with van der Waals surface area (Å²) in [7, 11) is 0. The third kappa shape index (κ3) is 3.32. The van der Waals surface area contributed by atoms with Gasteiger partial charge in [-0.1, -0.05) is 29.6 Å². The van der Waals surface area contributed by atoms with Crippen molar-refractivity contribution in [1.82, 2.24) is 19.5 Å². The fourth-order valence-corrected chi connectivity index (χ4v) is 3.52. The average Bonchev–Trinajstić information content (AvgIpc) is 3.18. The Bertz CT molecular complexity index is 928. The lowest BCUT2D eigenvalue weighted by Crippen LogP contribution is -2.31. The number of hydrogen-bond acceptors (Lipinski definition) is 5. The smallest absolute Gasteiger partial charge is 0.243 e. The molecule has 1 N–H and O–H groups in total. The minimum atomic E-state index is -0.376. The van der Waals surface area contributed by atoms with E-state index in [4.69, 9.17) is 0 Å². The van der Waals surface area contributed by atoms with E-state index < -0.39 is 0 Å². The molecule has 2 heterocycles. The van der Waals surface area contributed by atoms with Gasteiger partial charge in [-0.25, -0.2) is 0 Å². The van der Waals surface area contributed by atoms with E-state index in [1.165, 1.54) is 11.5 Å². The molecule has 1 atom stereocenters. The van der Waals surface area contributed by atoms with Crippen LogP contribution in [0.5, 0.6) is 0 Å². The first-order valence-electron chi connectivity index (χ1n) is 8.19. The number of ketones is 1. The van der Waals surface area contributed by atoms with Gasteiger partial charge in [0, 0.05) is 22.7 Å². The third-order valence-corrected chi connectivity index (χ3v) is 5.14. The Morgan fingerprint density at radius 3 is 2.72 bits per heavy atom. The van der Waals surface area contributed by atoms with E-state index in [2.05, 4.69) is 14.9 Å². The predicted molar refractivity (Wildman–Crippen MR) is 97.8 cm³/mol. The summed E-state index contributed by atoms with van der Waals surface area (Å²) in [4.78, 5) is 25.6. The van der Waals surface area contributed by atoms with Crippen molar-refractivity contribution in [3.8, 4) is 0 Å². The maximum atomic E-state index is 12.8. The average molecular weight is 356 g/mol. The van der Waals surface area contributed by atoms with Crippen LogP contribution in [0.3, 0.4) is 0 Å². The Morgan fingerprint density at radius 2 is 2.08 bits per heavy atom. The van der Waals surface area contributed by atoms with Crippen LogP contribution in [-0.2, 0) is 11.3 Å². The zero-order chi connectivity index (χ0) is 18.0. The van der Waals surface area contributed by atoms with Crippen LogP contribution < -0.4 is 5.32 Å². The summed E-state index contributed by atoms with van der Waals surface area (Å²) in [5.41, 5.74) is 2.37. The van der Waals surface area contributed by atoms with E-state index in [9.17, 15) is 9.59 Å². The van der Waals surface area contributed by atoms with E-state index in [0.29, 0.717) is 18.5 Å². The lowest BCUT2D eigenvalue weighted by Gasteiger charge is -2.18. The number of benzene rings is 1. The number of carbonyl (C=O) groups excluding carboxylic acids is 2. The van der Waals surface area contributed by atoms with Gasteiger partial charge >= 0.3 is 0 Å². The van der Waals surface area contributed by atoms with E-state index in [1.54, 1.807) is 13.1 Å². The lowest BCUT2D eigenvalue weighted by molar-refractivity contribution is -0.124. The molecule has 7 heteroatoms. The SMILES string of the molecule is CC[C@H](C(=O)NCc1snnc1C)n1cc(C(C)=O)c2ccccc21. The molecule has 0 unspecified atom stereocenters. The van der Waals surface area contributed by atoms with E-state index >= 15 is 0 Å². The van der Waals surface area contributed by atoms with Gasteiger partial charge in [0.05, 0.1) is 17.1 Å². The van der Waals surface area contributed by atoms with Gasteiger partial charge in [-0.15, -0.1) is 5.10 Å². The summed E-state index contributed by atoms with van der Waals surface area (Å²) in [6.45, 7) is 5.80. The molecule has 0 bridgehead atoms. The van der Waals surface area contributed by atoms with Crippen molar-refractivity contribution in [1.29, 1.82) is 0 Å². The number of aromatic nitrogens is 3. The maximum absolute atomic E-state index is 12.8. The van der Waals surface area contributed by atoms with Crippen molar-refractivity contribution in [3.05, 3.63) is 46.6 Å². The van der Waals surface area contributed by atoms with Gasteiger partial charge in [-0.3, -0.25) is 9.59 Å². The van der Waals surface area contributed by atoms with Crippen LogP contribution in [0.15, 0.2) is 30.5 Å². The largest absolute Gasteiger partial charge is 0.349 e. The van der Waals surface area contributed by atoms with Crippen molar-refractivity contribution < 1.29 is 9.59 Å². The van der Waals surface area contributed by atoms with Crippen LogP contribution in [0, 0.1) is 6.92 Å². The highest BCUT2D eigenvalue weighted by Crippen LogP contribution is 2.27. The van der Waals surface area contributed by atoms with Crippen molar-refractivity contribution in [2.24, 2.45) is 0 Å². The van der Waals surface area contributed by atoms with Gasteiger partial charge in [-0.05, 0) is 37.9 Å². The zero-order valence-corrected chi connectivity index (χ0v) is 15.3. The van der Waals surface area contributed by atoms with Gasteiger partial charge in [0.25, 0.3) is 0 Å². The quantitative estimate of drug-likeness (QED) is 0.688. The highest BCUT2D eigenvalue weighted by atomic mass is 32.1. The molecular weight excluding hydrogens is 336 g/mol. The molecule has 3 rings (SSSR count). The van der Waals surface area contributed by atoms with E-state index in [0.717, 1.165) is 21.5 Å². The molecule has 2 aromatic heterocycles. The number of nitrogens with zero attached hydrogens (tertiary/aromatic N) is 3. The molecule has 0 saturated heterocycles. The molecule has 3 aromatic rings. The van der Waals surface area contributed by atoms with Crippen LogP contribution in [0.25, 0.3) is 10.9 Å². The van der Waals surface area contributed by atoms with Crippen LogP contribution in [0.1, 0.15) is 47.2 Å². The fraction of sp³-hybridized carbons (Fsp3) is 0.333. The molecule has 0 aliphatic rings. The first-order valence-corrected chi connectivity index (χ1v) is 8.96. The van der Waals surface area contributed by atoms with Crippen molar-refractivity contribution in [2.45, 2.75) is 39.8 Å².